The first-order valence-corrected chi connectivity index (χ1v) is 4.78. The van der Waals surface area contributed by atoms with Crippen LogP contribution in [0.2, 0.25) is 0 Å². The van der Waals surface area contributed by atoms with E-state index in [4.69, 9.17) is 28.0 Å². The number of nitrogens with zero attached hydrogens (tertiary/aromatic N) is 1. The second-order valence-electron chi connectivity index (χ2n) is 2.97. The molecule has 0 fully saturated rings. The number of hydrogen-bond donors (Lipinski definition) is 2. The van der Waals surface area contributed by atoms with Gasteiger partial charge in [-0.05, 0) is 23.8 Å². The number of phenolic OH excluding ortho intramolecular Hbond substituents is 1. The van der Waals surface area contributed by atoms with Gasteiger partial charge in [0.15, 0.2) is 11.5 Å². The molecule has 4 nitrogen and oxygen atoms in total. The highest BCUT2D eigenvalue weighted by atomic mass is 32.1. The normalized spacial score (nSPS) is 10.6. The topological polar surface area (TPSA) is 79.3 Å². The molecular formula is C11H10N2O2S. The summed E-state index contributed by atoms with van der Waals surface area (Å²) in [6.45, 7) is 0. The molecule has 0 saturated heterocycles. The molecule has 16 heavy (non-hydrogen) atoms. The Morgan fingerprint density at radius 2 is 2.31 bits per heavy atom. The number of methoxy groups -OCH3 is 1. The molecule has 0 aliphatic heterocycles. The first-order valence-electron chi connectivity index (χ1n) is 4.37. The third-order valence-corrected chi connectivity index (χ3v) is 2.12. The third kappa shape index (κ3) is 2.72. The van der Waals surface area contributed by atoms with Crippen molar-refractivity contribution in [2.24, 2.45) is 5.73 Å². The van der Waals surface area contributed by atoms with E-state index in [2.05, 4.69) is 0 Å². The lowest BCUT2D eigenvalue weighted by molar-refractivity contribution is 0.373. The van der Waals surface area contributed by atoms with E-state index >= 15 is 0 Å². The summed E-state index contributed by atoms with van der Waals surface area (Å²) < 4.78 is 4.94. The van der Waals surface area contributed by atoms with Gasteiger partial charge in [0, 0.05) is 0 Å². The van der Waals surface area contributed by atoms with Crippen LogP contribution in [0.3, 0.4) is 0 Å². The zero-order valence-electron chi connectivity index (χ0n) is 8.60. The summed E-state index contributed by atoms with van der Waals surface area (Å²) in [5, 5.41) is 18.1. The zero-order chi connectivity index (χ0) is 12.1. The van der Waals surface area contributed by atoms with E-state index in [1.165, 1.54) is 19.3 Å². The molecule has 0 aliphatic rings. The van der Waals surface area contributed by atoms with Gasteiger partial charge in [0.2, 0.25) is 0 Å². The highest BCUT2D eigenvalue weighted by Gasteiger charge is 2.03. The number of ether oxygens (including phenoxy) is 1. The standard InChI is InChI=1S/C11H10N2O2S/c1-15-10-5-7(2-3-9(10)14)4-8(6-12)11(13)16/h2-5,14H,1H3,(H2,13,16)/b8-4-. The highest BCUT2D eigenvalue weighted by Crippen LogP contribution is 2.27. The summed E-state index contributed by atoms with van der Waals surface area (Å²) in [7, 11) is 1.45. The van der Waals surface area contributed by atoms with Crippen LogP contribution in [0.1, 0.15) is 5.56 Å². The van der Waals surface area contributed by atoms with Crippen LogP contribution in [0.4, 0.5) is 0 Å². The lowest BCUT2D eigenvalue weighted by atomic mass is 10.1. The van der Waals surface area contributed by atoms with Crippen molar-refractivity contribution >= 4 is 23.3 Å². The SMILES string of the molecule is COc1cc(/C=C(/C#N)C(N)=S)ccc1O. The minimum absolute atomic E-state index is 0.0356. The molecule has 5 heteroatoms. The molecule has 0 aromatic heterocycles. The Morgan fingerprint density at radius 1 is 1.62 bits per heavy atom. The smallest absolute Gasteiger partial charge is 0.161 e. The maximum absolute atomic E-state index is 9.37. The average Bonchev–Trinajstić information content (AvgIpc) is 2.27. The first kappa shape index (κ1) is 12.0. The van der Waals surface area contributed by atoms with E-state index in [0.29, 0.717) is 11.3 Å². The van der Waals surface area contributed by atoms with Crippen LogP contribution in [0.25, 0.3) is 6.08 Å². The van der Waals surface area contributed by atoms with Crippen LogP contribution in [-0.4, -0.2) is 17.2 Å². The minimum atomic E-state index is 0.0356. The van der Waals surface area contributed by atoms with E-state index < -0.39 is 0 Å². The predicted octanol–water partition coefficient (Wildman–Crippen LogP) is 1.59. The van der Waals surface area contributed by atoms with E-state index in [1.54, 1.807) is 12.1 Å². The van der Waals surface area contributed by atoms with Crippen molar-refractivity contribution in [1.82, 2.24) is 0 Å². The number of benzene rings is 1. The summed E-state index contributed by atoms with van der Waals surface area (Å²) in [6.07, 6.45) is 1.53. The van der Waals surface area contributed by atoms with Gasteiger partial charge in [0.25, 0.3) is 0 Å². The van der Waals surface area contributed by atoms with Gasteiger partial charge in [-0.2, -0.15) is 5.26 Å². The summed E-state index contributed by atoms with van der Waals surface area (Å²) in [6, 6.07) is 6.59. The van der Waals surface area contributed by atoms with Crippen LogP contribution in [0, 0.1) is 11.3 Å². The maximum Gasteiger partial charge on any atom is 0.161 e. The summed E-state index contributed by atoms with van der Waals surface area (Å²) >= 11 is 4.71. The Hall–Kier alpha value is -2.06. The number of phenols is 1. The molecule has 0 atom stereocenters. The molecule has 1 aromatic rings. The number of nitrogens with two attached hydrogens (primary N) is 1. The molecule has 0 amide bonds. The van der Waals surface area contributed by atoms with Gasteiger partial charge >= 0.3 is 0 Å². The molecule has 0 radical (unpaired) electrons. The lowest BCUT2D eigenvalue weighted by Crippen LogP contribution is -2.09. The molecule has 0 bridgehead atoms. The van der Waals surface area contributed by atoms with Crippen LogP contribution in [0.5, 0.6) is 11.5 Å². The molecule has 0 unspecified atom stereocenters. The van der Waals surface area contributed by atoms with Gasteiger partial charge in [-0.15, -0.1) is 0 Å². The Balaban J connectivity index is 3.16. The monoisotopic (exact) mass is 234 g/mol. The van der Waals surface area contributed by atoms with Gasteiger partial charge in [-0.25, -0.2) is 0 Å². The van der Waals surface area contributed by atoms with Gasteiger partial charge < -0.3 is 15.6 Å². The van der Waals surface area contributed by atoms with Crippen LogP contribution >= 0.6 is 12.2 Å². The molecule has 82 valence electrons. The van der Waals surface area contributed by atoms with Crippen molar-refractivity contribution in [2.45, 2.75) is 0 Å². The van der Waals surface area contributed by atoms with Crippen LogP contribution in [0.15, 0.2) is 23.8 Å². The highest BCUT2D eigenvalue weighted by molar-refractivity contribution is 7.80. The fourth-order valence-electron chi connectivity index (χ4n) is 1.11. The van der Waals surface area contributed by atoms with E-state index in [9.17, 15) is 5.11 Å². The van der Waals surface area contributed by atoms with Gasteiger partial charge in [-0.1, -0.05) is 18.3 Å². The summed E-state index contributed by atoms with van der Waals surface area (Å²) in [4.78, 5) is 0.0366. The Labute approximate surface area is 98.6 Å². The number of hydrogen-bond acceptors (Lipinski definition) is 4. The number of aromatic hydroxyl groups is 1. The number of nitriles is 1. The first-order chi connectivity index (χ1) is 7.58. The number of rotatable bonds is 3. The minimum Gasteiger partial charge on any atom is -0.504 e. The van der Waals surface area contributed by atoms with E-state index in [-0.39, 0.29) is 16.3 Å². The molecule has 1 rings (SSSR count). The third-order valence-electron chi connectivity index (χ3n) is 1.90. The van der Waals surface area contributed by atoms with Gasteiger partial charge in [0.1, 0.15) is 11.1 Å². The Kier molecular flexibility index (Phi) is 3.86. The zero-order valence-corrected chi connectivity index (χ0v) is 9.41. The molecule has 1 aromatic carbocycles. The van der Waals surface area contributed by atoms with E-state index in [1.807, 2.05) is 6.07 Å². The van der Waals surface area contributed by atoms with Crippen molar-refractivity contribution < 1.29 is 9.84 Å². The molecular weight excluding hydrogens is 224 g/mol. The van der Waals surface area contributed by atoms with Gasteiger partial charge in [0.05, 0.1) is 12.7 Å². The molecule has 0 spiro atoms. The van der Waals surface area contributed by atoms with Crippen molar-refractivity contribution in [3.05, 3.63) is 29.3 Å². The summed E-state index contributed by atoms with van der Waals surface area (Å²) in [5.74, 6) is 0.363. The quantitative estimate of drug-likeness (QED) is 0.471. The molecule has 0 saturated carbocycles. The Morgan fingerprint density at radius 3 is 2.81 bits per heavy atom. The van der Waals surface area contributed by atoms with Crippen molar-refractivity contribution in [2.75, 3.05) is 7.11 Å². The number of thiocarbonyl (C=S) groups is 1. The second kappa shape index (κ2) is 5.14. The molecule has 0 heterocycles. The summed E-state index contributed by atoms with van der Waals surface area (Å²) in [5.41, 5.74) is 6.25. The van der Waals surface area contributed by atoms with E-state index in [0.717, 1.165) is 0 Å². The Bertz CT molecular complexity index is 489. The lowest BCUT2D eigenvalue weighted by Gasteiger charge is -2.04. The fourth-order valence-corrected chi connectivity index (χ4v) is 1.21. The van der Waals surface area contributed by atoms with Gasteiger partial charge in [-0.3, -0.25) is 0 Å². The molecule has 3 N–H and O–H groups in total. The predicted molar refractivity (Wildman–Crippen MR) is 65.0 cm³/mol. The van der Waals surface area contributed by atoms with Crippen molar-refractivity contribution in [3.8, 4) is 17.6 Å². The second-order valence-corrected chi connectivity index (χ2v) is 3.41. The fraction of sp³-hybridized carbons (Fsp3) is 0.0909. The average molecular weight is 234 g/mol. The van der Waals surface area contributed by atoms with Crippen LogP contribution < -0.4 is 10.5 Å². The largest absolute Gasteiger partial charge is 0.504 e. The van der Waals surface area contributed by atoms with Crippen molar-refractivity contribution in [3.63, 3.8) is 0 Å². The molecule has 0 aliphatic carbocycles. The van der Waals surface area contributed by atoms with Crippen LogP contribution in [-0.2, 0) is 0 Å². The maximum atomic E-state index is 9.37. The van der Waals surface area contributed by atoms with Crippen molar-refractivity contribution in [1.29, 1.82) is 5.26 Å².